The average Bonchev–Trinajstić information content (AvgIpc) is 1.94. The van der Waals surface area contributed by atoms with E-state index in [9.17, 15) is 0 Å². The summed E-state index contributed by atoms with van der Waals surface area (Å²) in [5.74, 6) is 1.28. The number of hydrogen-bond acceptors (Lipinski definition) is 2. The first-order valence-corrected chi connectivity index (χ1v) is 7.32. The van der Waals surface area contributed by atoms with E-state index in [-0.39, 0.29) is 0 Å². The summed E-state index contributed by atoms with van der Waals surface area (Å²) in [6, 6.07) is 0. The van der Waals surface area contributed by atoms with E-state index in [1.54, 1.807) is 0 Å². The van der Waals surface area contributed by atoms with Crippen LogP contribution in [0.2, 0.25) is 0 Å². The van der Waals surface area contributed by atoms with Gasteiger partial charge in [-0.15, -0.1) is 0 Å². The molecule has 4 heteroatoms. The van der Waals surface area contributed by atoms with Crippen molar-refractivity contribution in [3.05, 3.63) is 0 Å². The largest absolute Gasteiger partial charge is 0.161 e. The van der Waals surface area contributed by atoms with Crippen molar-refractivity contribution in [2.24, 2.45) is 0 Å². The van der Waals surface area contributed by atoms with Crippen LogP contribution in [0.3, 0.4) is 0 Å². The predicted octanol–water partition coefficient (Wildman–Crippen LogP) is 2.36. The third-order valence-corrected chi connectivity index (χ3v) is 4.86. The summed E-state index contributed by atoms with van der Waals surface area (Å²) in [4.78, 5) is 0. The average molecular weight is 230 g/mol. The number of hydrogen-bond donors (Lipinski definition) is 0. The van der Waals surface area contributed by atoms with Gasteiger partial charge in [-0.2, -0.15) is 23.5 Å². The molecule has 0 nitrogen and oxygen atoms in total. The summed E-state index contributed by atoms with van der Waals surface area (Å²) in [6.07, 6.45) is 0. The highest BCUT2D eigenvalue weighted by atomic mass is 32.2. The third kappa shape index (κ3) is 9.39. The van der Waals surface area contributed by atoms with Crippen LogP contribution in [-0.4, -0.2) is 35.3 Å². The molecule has 0 amide bonds. The molecule has 0 heterocycles. The molecule has 0 rings (SSSR count). The van der Waals surface area contributed by atoms with E-state index >= 15 is 0 Å². The monoisotopic (exact) mass is 230 g/mol. The molecule has 1 atom stereocenters. The molecule has 0 aromatic carbocycles. The molecule has 0 aliphatic carbocycles. The molecule has 82 valence electrons. The van der Waals surface area contributed by atoms with Gasteiger partial charge in [-0.3, -0.25) is 0 Å². The van der Waals surface area contributed by atoms with Gasteiger partial charge in [0.25, 0.3) is 0 Å². The van der Waals surface area contributed by atoms with E-state index < -0.39 is 0 Å². The number of rotatable bonds is 4. The van der Waals surface area contributed by atoms with E-state index in [1.807, 2.05) is 0 Å². The van der Waals surface area contributed by atoms with Crippen LogP contribution in [0.25, 0.3) is 0 Å². The van der Waals surface area contributed by atoms with Gasteiger partial charge in [0.1, 0.15) is 0 Å². The van der Waals surface area contributed by atoms with Crippen LogP contribution >= 0.6 is 23.5 Å². The highest BCUT2D eigenvalue weighted by Gasteiger charge is 2.20. The Hall–Kier alpha value is 0.830. The van der Waals surface area contributed by atoms with Crippen LogP contribution < -0.4 is 0 Å². The Balaban J connectivity index is 3.93. The van der Waals surface area contributed by atoms with E-state index in [0.29, 0.717) is 9.49 Å². The normalized spacial score (nSPS) is 15.3. The van der Waals surface area contributed by atoms with Crippen LogP contribution in [0.4, 0.5) is 0 Å². The maximum atomic E-state index is 2.31. The van der Waals surface area contributed by atoms with Gasteiger partial charge in [-0.05, 0) is 10.9 Å². The highest BCUT2D eigenvalue weighted by molar-refractivity contribution is 8.05. The second-order valence-electron chi connectivity index (χ2n) is 5.68. The van der Waals surface area contributed by atoms with Gasteiger partial charge in [0.15, 0.2) is 0 Å². The van der Waals surface area contributed by atoms with Crippen molar-refractivity contribution < 1.29 is 0 Å². The summed E-state index contributed by atoms with van der Waals surface area (Å²) >= 11 is 4.21. The standard InChI is InChI=1S/C10H24B2S2/c1-9(2,3)13-7-8(12-11)14-10(4,5)6/h8,12H,7,11H2,1-6H3. The van der Waals surface area contributed by atoms with Crippen molar-refractivity contribution in [2.45, 2.75) is 56.2 Å². The first-order valence-electron chi connectivity index (χ1n) is 5.46. The Morgan fingerprint density at radius 2 is 1.57 bits per heavy atom. The SMILES string of the molecule is BBC(CSC(C)(C)C)SC(C)(C)C. The van der Waals surface area contributed by atoms with Crippen molar-refractivity contribution in [3.63, 3.8) is 0 Å². The Labute approximate surface area is 100 Å². The van der Waals surface area contributed by atoms with E-state index in [0.717, 1.165) is 5.15 Å². The predicted molar refractivity (Wildman–Crippen MR) is 79.0 cm³/mol. The fourth-order valence-corrected chi connectivity index (χ4v) is 3.64. The fourth-order valence-electron chi connectivity index (χ4n) is 1.08. The first kappa shape index (κ1) is 14.8. The Kier molecular flexibility index (Phi) is 6.13. The molecule has 0 bridgehead atoms. The second kappa shape index (κ2) is 5.79. The smallest absolute Gasteiger partial charge is 0.0998 e. The lowest BCUT2D eigenvalue weighted by molar-refractivity contribution is 0.796. The summed E-state index contributed by atoms with van der Waals surface area (Å²) < 4.78 is 0.811. The summed E-state index contributed by atoms with van der Waals surface area (Å²) in [6.45, 7) is 13.8. The Bertz CT molecular complexity index is 158. The summed E-state index contributed by atoms with van der Waals surface area (Å²) in [5, 5.41) is 0.805. The molecule has 0 saturated carbocycles. The first-order chi connectivity index (χ1) is 6.14. The second-order valence-corrected chi connectivity index (χ2v) is 9.66. The Morgan fingerprint density at radius 3 is 1.86 bits per heavy atom. The maximum absolute atomic E-state index is 2.31. The number of thioether (sulfide) groups is 2. The lowest BCUT2D eigenvalue weighted by Gasteiger charge is -2.27. The molecule has 0 aromatic heterocycles. The van der Waals surface area contributed by atoms with Crippen LogP contribution in [0.1, 0.15) is 41.5 Å². The summed E-state index contributed by atoms with van der Waals surface area (Å²) in [5.41, 5.74) is 0. The van der Waals surface area contributed by atoms with Gasteiger partial charge < -0.3 is 0 Å². The molecule has 0 aliphatic heterocycles. The van der Waals surface area contributed by atoms with Crippen molar-refractivity contribution >= 4 is 38.4 Å². The minimum atomic E-state index is 0.402. The molecular formula is C10H24B2S2. The quantitative estimate of drug-likeness (QED) is 0.680. The highest BCUT2D eigenvalue weighted by Crippen LogP contribution is 2.32. The Morgan fingerprint density at radius 1 is 1.07 bits per heavy atom. The lowest BCUT2D eigenvalue weighted by Crippen LogP contribution is -2.25. The van der Waals surface area contributed by atoms with E-state index in [4.69, 9.17) is 0 Å². The zero-order valence-corrected chi connectivity index (χ0v) is 12.4. The molecule has 0 radical (unpaired) electrons. The zero-order chi connectivity index (χ0) is 11.4. The molecule has 0 fully saturated rings. The van der Waals surface area contributed by atoms with Crippen molar-refractivity contribution in [2.75, 3.05) is 5.75 Å². The van der Waals surface area contributed by atoms with Gasteiger partial charge in [0.05, 0.1) is 14.9 Å². The van der Waals surface area contributed by atoms with Crippen LogP contribution in [0.15, 0.2) is 0 Å². The third-order valence-electron chi connectivity index (χ3n) is 1.68. The van der Waals surface area contributed by atoms with Crippen molar-refractivity contribution in [1.29, 1.82) is 0 Å². The van der Waals surface area contributed by atoms with Crippen LogP contribution in [-0.2, 0) is 0 Å². The van der Waals surface area contributed by atoms with Gasteiger partial charge in [0.2, 0.25) is 0 Å². The molecule has 1 unspecified atom stereocenters. The zero-order valence-electron chi connectivity index (χ0n) is 10.8. The van der Waals surface area contributed by atoms with Crippen LogP contribution in [0.5, 0.6) is 0 Å². The van der Waals surface area contributed by atoms with Crippen LogP contribution in [0, 0.1) is 0 Å². The van der Waals surface area contributed by atoms with E-state index in [2.05, 4.69) is 72.8 Å². The van der Waals surface area contributed by atoms with E-state index in [1.165, 1.54) is 12.9 Å². The molecular weight excluding hydrogens is 206 g/mol. The van der Waals surface area contributed by atoms with Crippen molar-refractivity contribution in [1.82, 2.24) is 0 Å². The van der Waals surface area contributed by atoms with Gasteiger partial charge in [0, 0.05) is 9.49 Å². The fraction of sp³-hybridized carbons (Fsp3) is 1.00. The lowest BCUT2D eigenvalue weighted by atomic mass is 9.53. The molecule has 0 N–H and O–H groups in total. The molecule has 14 heavy (non-hydrogen) atoms. The molecule has 0 aromatic rings. The van der Waals surface area contributed by atoms with Crippen molar-refractivity contribution in [3.8, 4) is 0 Å². The summed E-state index contributed by atoms with van der Waals surface area (Å²) in [7, 11) is 3.58. The molecule has 0 saturated heterocycles. The maximum Gasteiger partial charge on any atom is 0.0998 e. The van der Waals surface area contributed by atoms with Gasteiger partial charge in [-0.1, -0.05) is 41.5 Å². The molecule has 0 spiro atoms. The molecule has 0 aliphatic rings. The van der Waals surface area contributed by atoms with Gasteiger partial charge in [-0.25, -0.2) is 0 Å². The minimum Gasteiger partial charge on any atom is -0.161 e. The topological polar surface area (TPSA) is 0 Å². The minimum absolute atomic E-state index is 0.402. The van der Waals surface area contributed by atoms with Gasteiger partial charge >= 0.3 is 0 Å².